The van der Waals surface area contributed by atoms with Gasteiger partial charge in [0.05, 0.1) is 11.4 Å². The number of hydrogen-bond acceptors (Lipinski definition) is 3. The third kappa shape index (κ3) is 1.68. The van der Waals surface area contributed by atoms with Crippen molar-refractivity contribution in [1.82, 2.24) is 15.5 Å². The minimum Gasteiger partial charge on any atom is -0.339 e. The Bertz CT molecular complexity index is 371. The molecule has 2 aliphatic rings. The fourth-order valence-electron chi connectivity index (χ4n) is 2.06. The van der Waals surface area contributed by atoms with Gasteiger partial charge in [-0.3, -0.25) is 14.9 Å². The summed E-state index contributed by atoms with van der Waals surface area (Å²) in [4.78, 5) is 35.7. The molecule has 1 spiro atoms. The van der Waals surface area contributed by atoms with Crippen LogP contribution in [0.2, 0.25) is 0 Å². The van der Waals surface area contributed by atoms with Gasteiger partial charge in [0.15, 0.2) is 0 Å². The van der Waals surface area contributed by atoms with Crippen molar-refractivity contribution in [3.05, 3.63) is 0 Å². The molecule has 16 heavy (non-hydrogen) atoms. The van der Waals surface area contributed by atoms with Crippen molar-refractivity contribution in [1.29, 1.82) is 0 Å². The number of urea groups is 1. The Kier molecular flexibility index (Phi) is 2.65. The van der Waals surface area contributed by atoms with Crippen molar-refractivity contribution in [3.8, 4) is 0 Å². The normalized spacial score (nSPS) is 30.5. The minimum atomic E-state index is -0.908. The number of nitrogens with one attached hydrogen (secondary N) is 2. The molecular weight excluding hydrogens is 278 g/mol. The van der Waals surface area contributed by atoms with E-state index in [1.807, 2.05) is 0 Å². The van der Waals surface area contributed by atoms with Crippen LogP contribution in [0.5, 0.6) is 0 Å². The highest BCUT2D eigenvalue weighted by atomic mass is 79.9. The maximum Gasteiger partial charge on any atom is 0.322 e. The zero-order valence-electron chi connectivity index (χ0n) is 8.75. The summed E-state index contributed by atoms with van der Waals surface area (Å²) in [7, 11) is 0. The number of alkyl halides is 1. The van der Waals surface area contributed by atoms with Gasteiger partial charge in [-0.1, -0.05) is 15.9 Å². The number of nitrogens with zero attached hydrogens (tertiary/aromatic N) is 1. The van der Waals surface area contributed by atoms with Gasteiger partial charge in [0, 0.05) is 6.54 Å². The quantitative estimate of drug-likeness (QED) is 0.508. The molecule has 2 rings (SSSR count). The molecule has 2 saturated heterocycles. The SMILES string of the molecule is CC(Br)C(=O)N1CCC2(C1)NC(=O)NC2=O. The predicted molar refractivity (Wildman–Crippen MR) is 59.0 cm³/mol. The maximum atomic E-state index is 11.7. The summed E-state index contributed by atoms with van der Waals surface area (Å²) in [6.07, 6.45) is 0.468. The summed E-state index contributed by atoms with van der Waals surface area (Å²) in [5.41, 5.74) is -0.908. The van der Waals surface area contributed by atoms with Crippen LogP contribution in [0.1, 0.15) is 13.3 Å². The van der Waals surface area contributed by atoms with Crippen LogP contribution in [0.4, 0.5) is 4.79 Å². The molecule has 2 aliphatic heterocycles. The molecule has 0 radical (unpaired) electrons. The second-order valence-corrected chi connectivity index (χ2v) is 5.49. The largest absolute Gasteiger partial charge is 0.339 e. The predicted octanol–water partition coefficient (Wildman–Crippen LogP) is -0.420. The van der Waals surface area contributed by atoms with Crippen molar-refractivity contribution >= 4 is 33.8 Å². The number of imide groups is 1. The average molecular weight is 290 g/mol. The van der Waals surface area contributed by atoms with Gasteiger partial charge in [-0.25, -0.2) is 4.79 Å². The molecule has 0 saturated carbocycles. The summed E-state index contributed by atoms with van der Waals surface area (Å²) in [6.45, 7) is 2.47. The van der Waals surface area contributed by atoms with Crippen molar-refractivity contribution in [2.75, 3.05) is 13.1 Å². The fourth-order valence-corrected chi connectivity index (χ4v) is 2.35. The molecule has 0 bridgehead atoms. The van der Waals surface area contributed by atoms with Gasteiger partial charge < -0.3 is 10.2 Å². The molecule has 2 unspecified atom stereocenters. The molecule has 7 heteroatoms. The maximum absolute atomic E-state index is 11.7. The van der Waals surface area contributed by atoms with E-state index in [0.29, 0.717) is 13.0 Å². The van der Waals surface area contributed by atoms with Gasteiger partial charge >= 0.3 is 6.03 Å². The van der Waals surface area contributed by atoms with Crippen LogP contribution >= 0.6 is 15.9 Å². The van der Waals surface area contributed by atoms with Gasteiger partial charge in [0.25, 0.3) is 5.91 Å². The first-order chi connectivity index (χ1) is 7.44. The van der Waals surface area contributed by atoms with Crippen LogP contribution in [0.25, 0.3) is 0 Å². The molecule has 0 aliphatic carbocycles. The van der Waals surface area contributed by atoms with E-state index in [1.165, 1.54) is 0 Å². The van der Waals surface area contributed by atoms with E-state index in [2.05, 4.69) is 26.6 Å². The molecule has 0 aromatic carbocycles. The number of rotatable bonds is 1. The number of likely N-dealkylation sites (tertiary alicyclic amines) is 1. The lowest BCUT2D eigenvalue weighted by Crippen LogP contribution is -2.50. The van der Waals surface area contributed by atoms with E-state index in [0.717, 1.165) is 0 Å². The smallest absolute Gasteiger partial charge is 0.322 e. The molecule has 2 atom stereocenters. The highest BCUT2D eigenvalue weighted by molar-refractivity contribution is 9.10. The highest BCUT2D eigenvalue weighted by Gasteiger charge is 2.51. The first kappa shape index (κ1) is 11.4. The monoisotopic (exact) mass is 289 g/mol. The summed E-state index contributed by atoms with van der Waals surface area (Å²) < 4.78 is 0. The number of hydrogen-bond donors (Lipinski definition) is 2. The minimum absolute atomic E-state index is 0.0641. The second kappa shape index (κ2) is 3.73. The van der Waals surface area contributed by atoms with Crippen LogP contribution in [0.3, 0.4) is 0 Å². The van der Waals surface area contributed by atoms with Gasteiger partial charge in [0.2, 0.25) is 5.91 Å². The number of amides is 4. The number of carbonyl (C=O) groups excluding carboxylic acids is 3. The molecule has 2 fully saturated rings. The topological polar surface area (TPSA) is 78.5 Å². The fraction of sp³-hybridized carbons (Fsp3) is 0.667. The first-order valence-corrected chi connectivity index (χ1v) is 5.93. The van der Waals surface area contributed by atoms with Crippen molar-refractivity contribution in [2.45, 2.75) is 23.7 Å². The van der Waals surface area contributed by atoms with Gasteiger partial charge in [-0.05, 0) is 13.3 Å². The number of halogens is 1. The lowest BCUT2D eigenvalue weighted by Gasteiger charge is -2.21. The third-order valence-electron chi connectivity index (χ3n) is 2.94. The lowest BCUT2D eigenvalue weighted by molar-refractivity contribution is -0.129. The summed E-state index contributed by atoms with van der Waals surface area (Å²) in [6, 6.07) is -0.480. The van der Waals surface area contributed by atoms with E-state index in [9.17, 15) is 14.4 Å². The van der Waals surface area contributed by atoms with Crippen LogP contribution in [-0.4, -0.2) is 46.2 Å². The summed E-state index contributed by atoms with van der Waals surface area (Å²) >= 11 is 3.19. The van der Waals surface area contributed by atoms with E-state index >= 15 is 0 Å². The molecule has 4 amide bonds. The Morgan fingerprint density at radius 3 is 2.75 bits per heavy atom. The molecule has 2 N–H and O–H groups in total. The van der Waals surface area contributed by atoms with Gasteiger partial charge in [-0.15, -0.1) is 0 Å². The third-order valence-corrected chi connectivity index (χ3v) is 3.33. The Hall–Kier alpha value is -1.11. The molecule has 88 valence electrons. The Morgan fingerprint density at radius 2 is 2.25 bits per heavy atom. The van der Waals surface area contributed by atoms with Crippen LogP contribution in [0, 0.1) is 0 Å². The number of carbonyl (C=O) groups is 3. The van der Waals surface area contributed by atoms with Gasteiger partial charge in [-0.2, -0.15) is 0 Å². The zero-order valence-corrected chi connectivity index (χ0v) is 10.3. The van der Waals surface area contributed by atoms with Crippen molar-refractivity contribution < 1.29 is 14.4 Å². The molecule has 6 nitrogen and oxygen atoms in total. The summed E-state index contributed by atoms with van der Waals surface area (Å²) in [5, 5.41) is 4.79. The van der Waals surface area contributed by atoms with Crippen molar-refractivity contribution in [3.63, 3.8) is 0 Å². The molecular formula is C9H12BrN3O3. The van der Waals surface area contributed by atoms with E-state index < -0.39 is 11.6 Å². The molecule has 0 aromatic rings. The van der Waals surface area contributed by atoms with E-state index in [1.54, 1.807) is 11.8 Å². The van der Waals surface area contributed by atoms with Crippen LogP contribution in [0.15, 0.2) is 0 Å². The first-order valence-electron chi connectivity index (χ1n) is 5.01. The Labute approximate surface area is 101 Å². The average Bonchev–Trinajstić information content (AvgIpc) is 2.72. The van der Waals surface area contributed by atoms with E-state index in [-0.39, 0.29) is 23.2 Å². The zero-order chi connectivity index (χ0) is 11.9. The van der Waals surface area contributed by atoms with Crippen LogP contribution < -0.4 is 10.6 Å². The summed E-state index contributed by atoms with van der Waals surface area (Å²) in [5.74, 6) is -0.402. The molecule has 2 heterocycles. The van der Waals surface area contributed by atoms with Crippen molar-refractivity contribution in [2.24, 2.45) is 0 Å². The highest BCUT2D eigenvalue weighted by Crippen LogP contribution is 2.25. The lowest BCUT2D eigenvalue weighted by atomic mass is 10.00. The van der Waals surface area contributed by atoms with Gasteiger partial charge in [0.1, 0.15) is 5.54 Å². The van der Waals surface area contributed by atoms with Crippen LogP contribution in [-0.2, 0) is 9.59 Å². The second-order valence-electron chi connectivity index (χ2n) is 4.12. The standard InChI is InChI=1S/C9H12BrN3O3/c1-5(10)6(14)13-3-2-9(4-13)7(15)11-8(16)12-9/h5H,2-4H2,1H3,(H2,11,12,15,16). The Morgan fingerprint density at radius 1 is 1.56 bits per heavy atom. The molecule has 0 aromatic heterocycles. The van der Waals surface area contributed by atoms with E-state index in [4.69, 9.17) is 0 Å². The Balaban J connectivity index is 2.11.